The van der Waals surface area contributed by atoms with Gasteiger partial charge in [0, 0.05) is 12.3 Å². The highest BCUT2D eigenvalue weighted by Crippen LogP contribution is 2.25. The summed E-state index contributed by atoms with van der Waals surface area (Å²) in [6, 6.07) is 15.3. The van der Waals surface area contributed by atoms with Gasteiger partial charge in [0.1, 0.15) is 17.3 Å². The first-order chi connectivity index (χ1) is 13.2. The monoisotopic (exact) mass is 362 g/mol. The lowest BCUT2D eigenvalue weighted by atomic mass is 10.1. The molecule has 6 nitrogen and oxygen atoms in total. The number of nitrogens with zero attached hydrogens (tertiary/aromatic N) is 3. The zero-order valence-electron chi connectivity index (χ0n) is 14.2. The van der Waals surface area contributed by atoms with Crippen LogP contribution in [0.1, 0.15) is 11.6 Å². The van der Waals surface area contributed by atoms with Gasteiger partial charge in [0.2, 0.25) is 5.91 Å². The zero-order valence-corrected chi connectivity index (χ0v) is 14.2. The Bertz CT molecular complexity index is 1130. The van der Waals surface area contributed by atoms with Gasteiger partial charge in [-0.2, -0.15) is 0 Å². The van der Waals surface area contributed by atoms with Gasteiger partial charge in [0.05, 0.1) is 12.1 Å². The Morgan fingerprint density at radius 3 is 2.85 bits per heavy atom. The van der Waals surface area contributed by atoms with Crippen molar-refractivity contribution >= 4 is 17.6 Å². The average molecular weight is 362 g/mol. The van der Waals surface area contributed by atoms with Crippen molar-refractivity contribution in [3.8, 4) is 11.3 Å². The van der Waals surface area contributed by atoms with Crippen LogP contribution in [0.4, 0.5) is 4.39 Å². The Kier molecular flexibility index (Phi) is 4.49. The van der Waals surface area contributed by atoms with E-state index in [0.29, 0.717) is 28.6 Å². The maximum absolute atomic E-state index is 13.8. The predicted octanol–water partition coefficient (Wildman–Crippen LogP) is 3.46. The molecular formula is C20H15FN4O2. The molecule has 0 unspecified atom stereocenters. The van der Waals surface area contributed by atoms with E-state index >= 15 is 0 Å². The standard InChI is InChI=1S/C20H15FN4O2/c21-16-6-2-1-5-15(16)17-10-8-14(27-17)9-11-20(26)22-13-19-24-23-18-7-3-4-12-25(18)19/h1-12H,13H2,(H,22,26). The molecule has 1 N–H and O–H groups in total. The van der Waals surface area contributed by atoms with Crippen molar-refractivity contribution in [3.63, 3.8) is 0 Å². The van der Waals surface area contributed by atoms with Crippen LogP contribution in [-0.2, 0) is 11.3 Å². The molecule has 0 aliphatic carbocycles. The molecule has 134 valence electrons. The number of fused-ring (bicyclic) bond motifs is 1. The first kappa shape index (κ1) is 16.7. The van der Waals surface area contributed by atoms with Gasteiger partial charge >= 0.3 is 0 Å². The van der Waals surface area contributed by atoms with Crippen LogP contribution >= 0.6 is 0 Å². The Labute approximate surface area is 154 Å². The molecule has 0 atom stereocenters. The summed E-state index contributed by atoms with van der Waals surface area (Å²) in [5, 5.41) is 10.8. The Hall–Kier alpha value is -3.74. The molecule has 4 rings (SSSR count). The average Bonchev–Trinajstić information content (AvgIpc) is 3.32. The lowest BCUT2D eigenvalue weighted by Gasteiger charge is -2.00. The van der Waals surface area contributed by atoms with Gasteiger partial charge in [0.15, 0.2) is 11.5 Å². The highest BCUT2D eigenvalue weighted by atomic mass is 19.1. The zero-order chi connectivity index (χ0) is 18.6. The summed E-state index contributed by atoms with van der Waals surface area (Å²) in [4.78, 5) is 12.0. The SMILES string of the molecule is O=C(C=Cc1ccc(-c2ccccc2F)o1)NCc1nnc2ccccn12. The lowest BCUT2D eigenvalue weighted by Crippen LogP contribution is -2.21. The van der Waals surface area contributed by atoms with Gasteiger partial charge < -0.3 is 9.73 Å². The van der Waals surface area contributed by atoms with Crippen LogP contribution in [0.25, 0.3) is 23.0 Å². The van der Waals surface area contributed by atoms with Crippen LogP contribution in [-0.4, -0.2) is 20.5 Å². The third kappa shape index (κ3) is 3.62. The molecule has 0 radical (unpaired) electrons. The quantitative estimate of drug-likeness (QED) is 0.552. The molecule has 0 saturated carbocycles. The van der Waals surface area contributed by atoms with E-state index in [-0.39, 0.29) is 18.3 Å². The summed E-state index contributed by atoms with van der Waals surface area (Å²) in [5.41, 5.74) is 1.09. The van der Waals surface area contributed by atoms with Gasteiger partial charge in [-0.3, -0.25) is 9.20 Å². The second-order valence-corrected chi connectivity index (χ2v) is 5.78. The van der Waals surface area contributed by atoms with E-state index in [1.807, 2.05) is 24.4 Å². The molecule has 3 aromatic heterocycles. The van der Waals surface area contributed by atoms with E-state index < -0.39 is 0 Å². The number of benzene rings is 1. The fraction of sp³-hybridized carbons (Fsp3) is 0.0500. The molecule has 1 aromatic carbocycles. The Balaban J connectivity index is 1.40. The largest absolute Gasteiger partial charge is 0.457 e. The van der Waals surface area contributed by atoms with Crippen molar-refractivity contribution in [2.45, 2.75) is 6.54 Å². The molecule has 0 aliphatic heterocycles. The molecule has 27 heavy (non-hydrogen) atoms. The Morgan fingerprint density at radius 1 is 1.11 bits per heavy atom. The number of carbonyl (C=O) groups excluding carboxylic acids is 1. The number of hydrogen-bond donors (Lipinski definition) is 1. The van der Waals surface area contributed by atoms with Crippen LogP contribution in [0.5, 0.6) is 0 Å². The molecular weight excluding hydrogens is 347 g/mol. The first-order valence-corrected chi connectivity index (χ1v) is 8.30. The van der Waals surface area contributed by atoms with Crippen LogP contribution < -0.4 is 5.32 Å². The van der Waals surface area contributed by atoms with Gasteiger partial charge in [-0.1, -0.05) is 18.2 Å². The third-order valence-corrected chi connectivity index (χ3v) is 3.97. The summed E-state index contributed by atoms with van der Waals surface area (Å²) in [5.74, 6) is 0.832. The van der Waals surface area contributed by atoms with Gasteiger partial charge in [-0.05, 0) is 42.5 Å². The van der Waals surface area contributed by atoms with Crippen LogP contribution in [0.15, 0.2) is 71.3 Å². The lowest BCUT2D eigenvalue weighted by molar-refractivity contribution is -0.116. The van der Waals surface area contributed by atoms with E-state index in [9.17, 15) is 9.18 Å². The summed E-state index contributed by atoms with van der Waals surface area (Å²) in [6.07, 6.45) is 4.72. The van der Waals surface area contributed by atoms with Crippen molar-refractivity contribution in [3.05, 3.63) is 84.3 Å². The maximum Gasteiger partial charge on any atom is 0.244 e. The fourth-order valence-corrected chi connectivity index (χ4v) is 2.64. The number of rotatable bonds is 5. The van der Waals surface area contributed by atoms with E-state index in [1.54, 1.807) is 34.7 Å². The molecule has 0 fully saturated rings. The number of halogens is 1. The number of nitrogens with one attached hydrogen (secondary N) is 1. The normalized spacial score (nSPS) is 11.3. The number of carbonyl (C=O) groups is 1. The smallest absolute Gasteiger partial charge is 0.244 e. The number of hydrogen-bond acceptors (Lipinski definition) is 4. The highest BCUT2D eigenvalue weighted by molar-refractivity contribution is 5.91. The Morgan fingerprint density at radius 2 is 1.96 bits per heavy atom. The van der Waals surface area contributed by atoms with Crippen LogP contribution in [0.2, 0.25) is 0 Å². The van der Waals surface area contributed by atoms with Gasteiger partial charge in [0.25, 0.3) is 0 Å². The first-order valence-electron chi connectivity index (χ1n) is 8.30. The minimum absolute atomic E-state index is 0.243. The van der Waals surface area contributed by atoms with E-state index in [2.05, 4.69) is 15.5 Å². The van der Waals surface area contributed by atoms with Crippen LogP contribution in [0.3, 0.4) is 0 Å². The number of aromatic nitrogens is 3. The predicted molar refractivity (Wildman–Crippen MR) is 98.0 cm³/mol. The van der Waals surface area contributed by atoms with Crippen LogP contribution in [0, 0.1) is 5.82 Å². The number of furan rings is 1. The molecule has 0 aliphatic rings. The molecule has 0 spiro atoms. The minimum atomic E-state index is -0.361. The van der Waals surface area contributed by atoms with Crippen molar-refractivity contribution in [1.29, 1.82) is 0 Å². The van der Waals surface area contributed by atoms with Crippen molar-refractivity contribution in [2.75, 3.05) is 0 Å². The maximum atomic E-state index is 13.8. The van der Waals surface area contributed by atoms with E-state index in [0.717, 1.165) is 0 Å². The van der Waals surface area contributed by atoms with Gasteiger partial charge in [-0.15, -0.1) is 10.2 Å². The molecule has 4 aromatic rings. The summed E-state index contributed by atoms with van der Waals surface area (Å²) in [6.45, 7) is 0.243. The summed E-state index contributed by atoms with van der Waals surface area (Å²) in [7, 11) is 0. The summed E-state index contributed by atoms with van der Waals surface area (Å²) < 4.78 is 21.2. The fourth-order valence-electron chi connectivity index (χ4n) is 2.64. The van der Waals surface area contributed by atoms with Gasteiger partial charge in [-0.25, -0.2) is 4.39 Å². The number of amides is 1. The highest BCUT2D eigenvalue weighted by Gasteiger charge is 2.08. The minimum Gasteiger partial charge on any atom is -0.457 e. The second-order valence-electron chi connectivity index (χ2n) is 5.78. The molecule has 0 saturated heterocycles. The van der Waals surface area contributed by atoms with E-state index in [4.69, 9.17) is 4.42 Å². The molecule has 0 bridgehead atoms. The second kappa shape index (κ2) is 7.25. The third-order valence-electron chi connectivity index (χ3n) is 3.97. The summed E-state index contributed by atoms with van der Waals surface area (Å²) >= 11 is 0. The molecule has 1 amide bonds. The van der Waals surface area contributed by atoms with Crippen molar-refractivity contribution in [1.82, 2.24) is 19.9 Å². The number of pyridine rings is 1. The van der Waals surface area contributed by atoms with E-state index in [1.165, 1.54) is 18.2 Å². The van der Waals surface area contributed by atoms with Crippen molar-refractivity contribution < 1.29 is 13.6 Å². The van der Waals surface area contributed by atoms with Crippen molar-refractivity contribution in [2.24, 2.45) is 0 Å². The topological polar surface area (TPSA) is 72.4 Å². The molecule has 7 heteroatoms. The molecule has 3 heterocycles.